The van der Waals surface area contributed by atoms with Gasteiger partial charge in [-0.05, 0) is 53.5 Å². The topological polar surface area (TPSA) is 113 Å². The molecule has 1 atom stereocenters. The zero-order valence-electron chi connectivity index (χ0n) is 21.0. The second-order valence-corrected chi connectivity index (χ2v) is 9.92. The molecule has 0 bridgehead atoms. The molecule has 4 rings (SSSR count). The fraction of sp³-hybridized carbons (Fsp3) is 0.560. The van der Waals surface area contributed by atoms with Gasteiger partial charge < -0.3 is 18.9 Å². The Labute approximate surface area is 204 Å². The van der Waals surface area contributed by atoms with Gasteiger partial charge in [0.05, 0.1) is 30.8 Å². The number of esters is 1. The number of carbonyl (C=O) groups excluding carboxylic acids is 2. The highest BCUT2D eigenvalue weighted by atomic mass is 16.6. The summed E-state index contributed by atoms with van der Waals surface area (Å²) in [5.41, 5.74) is 1.18. The van der Waals surface area contributed by atoms with Gasteiger partial charge in [0, 0.05) is 30.0 Å². The number of fused-ring (bicyclic) bond motifs is 1. The normalized spacial score (nSPS) is 15.9. The van der Waals surface area contributed by atoms with E-state index in [9.17, 15) is 9.59 Å². The maximum atomic E-state index is 12.3. The van der Waals surface area contributed by atoms with Crippen molar-refractivity contribution in [2.45, 2.75) is 71.4 Å². The highest BCUT2D eigenvalue weighted by molar-refractivity contribution is 5.83. The van der Waals surface area contributed by atoms with Gasteiger partial charge in [-0.25, -0.2) is 4.79 Å². The fourth-order valence-electron chi connectivity index (χ4n) is 4.23. The molecule has 0 N–H and O–H groups in total. The molecule has 0 saturated carbocycles. The first-order chi connectivity index (χ1) is 16.6. The number of ether oxygens (including phenoxy) is 2. The lowest BCUT2D eigenvalue weighted by Gasteiger charge is -2.32. The van der Waals surface area contributed by atoms with Crippen LogP contribution in [-0.2, 0) is 14.3 Å². The van der Waals surface area contributed by atoms with Gasteiger partial charge in [0.1, 0.15) is 5.60 Å². The molecular formula is C25H33N5O5. The SMILES string of the molecule is CCOC(=O)CC(C)n1ncc2ccc(-c3noc(C4CCN(C(=O)OC(C)(C)C)CC4)n3)cc21. The van der Waals surface area contributed by atoms with Gasteiger partial charge in [-0.1, -0.05) is 17.3 Å². The van der Waals surface area contributed by atoms with Crippen molar-refractivity contribution in [3.05, 3.63) is 30.3 Å². The first-order valence-corrected chi connectivity index (χ1v) is 12.1. The predicted molar refractivity (Wildman–Crippen MR) is 129 cm³/mol. The highest BCUT2D eigenvalue weighted by Crippen LogP contribution is 2.30. The maximum absolute atomic E-state index is 12.3. The number of amides is 1. The molecule has 1 unspecified atom stereocenters. The quantitative estimate of drug-likeness (QED) is 0.463. The molecule has 3 aromatic rings. The van der Waals surface area contributed by atoms with E-state index >= 15 is 0 Å². The van der Waals surface area contributed by atoms with Gasteiger partial charge in [-0.15, -0.1) is 0 Å². The first kappa shape index (κ1) is 24.7. The van der Waals surface area contributed by atoms with Crippen LogP contribution in [-0.4, -0.2) is 62.2 Å². The summed E-state index contributed by atoms with van der Waals surface area (Å²) >= 11 is 0. The van der Waals surface area contributed by atoms with Crippen LogP contribution < -0.4 is 0 Å². The molecule has 10 nitrogen and oxygen atoms in total. The molecule has 2 aromatic heterocycles. The average molecular weight is 484 g/mol. The number of hydrogen-bond donors (Lipinski definition) is 0. The van der Waals surface area contributed by atoms with Crippen molar-refractivity contribution in [2.75, 3.05) is 19.7 Å². The second kappa shape index (κ2) is 10.1. The van der Waals surface area contributed by atoms with Crippen molar-refractivity contribution < 1.29 is 23.6 Å². The second-order valence-electron chi connectivity index (χ2n) is 9.92. The smallest absolute Gasteiger partial charge is 0.410 e. The first-order valence-electron chi connectivity index (χ1n) is 12.1. The number of rotatable bonds is 6. The summed E-state index contributed by atoms with van der Waals surface area (Å²) in [6, 6.07) is 5.70. The third-order valence-corrected chi connectivity index (χ3v) is 5.98. The van der Waals surface area contributed by atoms with Crippen molar-refractivity contribution in [3.63, 3.8) is 0 Å². The van der Waals surface area contributed by atoms with E-state index in [1.165, 1.54) is 0 Å². The largest absolute Gasteiger partial charge is 0.466 e. The van der Waals surface area contributed by atoms with Gasteiger partial charge in [-0.2, -0.15) is 10.1 Å². The number of aromatic nitrogens is 4. The molecule has 0 aliphatic carbocycles. The monoisotopic (exact) mass is 483 g/mol. The lowest BCUT2D eigenvalue weighted by molar-refractivity contribution is -0.143. The molecule has 188 valence electrons. The summed E-state index contributed by atoms with van der Waals surface area (Å²) in [4.78, 5) is 30.6. The number of piperidine rings is 1. The summed E-state index contributed by atoms with van der Waals surface area (Å²) in [5.74, 6) is 0.921. The van der Waals surface area contributed by atoms with Gasteiger partial charge in [0.25, 0.3) is 0 Å². The zero-order chi connectivity index (χ0) is 25.2. The van der Waals surface area contributed by atoms with E-state index in [1.807, 2.05) is 50.6 Å². The molecule has 1 fully saturated rings. The molecule has 1 saturated heterocycles. The Morgan fingerprint density at radius 3 is 2.66 bits per heavy atom. The summed E-state index contributed by atoms with van der Waals surface area (Å²) in [6.07, 6.45) is 3.20. The summed E-state index contributed by atoms with van der Waals surface area (Å²) in [5, 5.41) is 9.64. The molecule has 35 heavy (non-hydrogen) atoms. The lowest BCUT2D eigenvalue weighted by Crippen LogP contribution is -2.41. The molecular weight excluding hydrogens is 450 g/mol. The number of nitrogens with zero attached hydrogens (tertiary/aromatic N) is 5. The van der Waals surface area contributed by atoms with E-state index in [-0.39, 0.29) is 30.4 Å². The third kappa shape index (κ3) is 5.80. The van der Waals surface area contributed by atoms with Gasteiger partial charge in [0.15, 0.2) is 0 Å². The van der Waals surface area contributed by atoms with E-state index in [0.717, 1.165) is 29.3 Å². The van der Waals surface area contributed by atoms with Crippen LogP contribution in [0.5, 0.6) is 0 Å². The summed E-state index contributed by atoms with van der Waals surface area (Å²) in [6.45, 7) is 10.8. The molecule has 1 amide bonds. The van der Waals surface area contributed by atoms with E-state index in [4.69, 9.17) is 14.0 Å². The third-order valence-electron chi connectivity index (χ3n) is 5.98. The Balaban J connectivity index is 1.45. The number of carbonyl (C=O) groups is 2. The molecule has 1 aliphatic rings. The van der Waals surface area contributed by atoms with Gasteiger partial charge >= 0.3 is 12.1 Å². The summed E-state index contributed by atoms with van der Waals surface area (Å²) in [7, 11) is 0. The number of hydrogen-bond acceptors (Lipinski definition) is 8. The van der Waals surface area contributed by atoms with Crippen LogP contribution in [0, 0.1) is 0 Å². The van der Waals surface area contributed by atoms with Crippen LogP contribution in [0.2, 0.25) is 0 Å². The Morgan fingerprint density at radius 1 is 1.23 bits per heavy atom. The van der Waals surface area contributed by atoms with Crippen molar-refractivity contribution in [2.24, 2.45) is 0 Å². The van der Waals surface area contributed by atoms with Crippen molar-refractivity contribution >= 4 is 23.0 Å². The van der Waals surface area contributed by atoms with Crippen LogP contribution in [0.3, 0.4) is 0 Å². The van der Waals surface area contributed by atoms with E-state index in [2.05, 4.69) is 15.2 Å². The average Bonchev–Trinajstić information content (AvgIpc) is 3.45. The Bertz CT molecular complexity index is 1190. The minimum atomic E-state index is -0.511. The van der Waals surface area contributed by atoms with E-state index < -0.39 is 5.60 Å². The molecule has 0 spiro atoms. The van der Waals surface area contributed by atoms with Crippen LogP contribution in [0.25, 0.3) is 22.3 Å². The Kier molecular flexibility index (Phi) is 7.09. The van der Waals surface area contributed by atoms with Crippen LogP contribution in [0.1, 0.15) is 71.7 Å². The summed E-state index contributed by atoms with van der Waals surface area (Å²) < 4.78 is 18.0. The van der Waals surface area contributed by atoms with Crippen LogP contribution in [0.4, 0.5) is 4.79 Å². The number of likely N-dealkylation sites (tertiary alicyclic amines) is 1. The molecule has 3 heterocycles. The van der Waals surface area contributed by atoms with Gasteiger partial charge in [-0.3, -0.25) is 9.48 Å². The standard InChI is InChI=1S/C25H33N5O5/c1-6-33-21(31)13-16(2)30-20-14-18(7-8-19(20)15-26-30)22-27-23(35-28-22)17-9-11-29(12-10-17)24(32)34-25(3,4)5/h7-8,14-17H,6,9-13H2,1-5H3. The maximum Gasteiger partial charge on any atom is 0.410 e. The van der Waals surface area contributed by atoms with Crippen LogP contribution >= 0.6 is 0 Å². The van der Waals surface area contributed by atoms with Crippen LogP contribution in [0.15, 0.2) is 28.9 Å². The number of benzene rings is 1. The van der Waals surface area contributed by atoms with E-state index in [0.29, 0.717) is 31.4 Å². The molecule has 1 aromatic carbocycles. The van der Waals surface area contributed by atoms with E-state index in [1.54, 1.807) is 18.0 Å². The molecule has 0 radical (unpaired) electrons. The van der Waals surface area contributed by atoms with Crippen molar-refractivity contribution in [3.8, 4) is 11.4 Å². The lowest BCUT2D eigenvalue weighted by atomic mass is 9.97. The van der Waals surface area contributed by atoms with Crippen molar-refractivity contribution in [1.29, 1.82) is 0 Å². The highest BCUT2D eigenvalue weighted by Gasteiger charge is 2.30. The minimum Gasteiger partial charge on any atom is -0.466 e. The Hall–Kier alpha value is -3.43. The zero-order valence-corrected chi connectivity index (χ0v) is 21.0. The van der Waals surface area contributed by atoms with Gasteiger partial charge in [0.2, 0.25) is 11.7 Å². The molecule has 1 aliphatic heterocycles. The Morgan fingerprint density at radius 2 is 1.97 bits per heavy atom. The van der Waals surface area contributed by atoms with Crippen molar-refractivity contribution in [1.82, 2.24) is 24.8 Å². The predicted octanol–water partition coefficient (Wildman–Crippen LogP) is 4.72. The minimum absolute atomic E-state index is 0.0915. The fourth-order valence-corrected chi connectivity index (χ4v) is 4.23. The molecule has 10 heteroatoms.